The number of sulfonamides is 1. The van der Waals surface area contributed by atoms with Crippen molar-refractivity contribution in [1.82, 2.24) is 4.90 Å². The van der Waals surface area contributed by atoms with Gasteiger partial charge in [-0.15, -0.1) is 0 Å². The van der Waals surface area contributed by atoms with Gasteiger partial charge in [-0.2, -0.15) is 0 Å². The summed E-state index contributed by atoms with van der Waals surface area (Å²) in [6.45, 7) is 0.384. The van der Waals surface area contributed by atoms with E-state index in [0.717, 1.165) is 5.56 Å². The number of halogens is 1. The first-order chi connectivity index (χ1) is 13.3. The summed E-state index contributed by atoms with van der Waals surface area (Å²) in [7, 11) is -2.13. The van der Waals surface area contributed by atoms with Gasteiger partial charge in [-0.3, -0.25) is 9.52 Å². The van der Waals surface area contributed by atoms with Gasteiger partial charge in [-0.1, -0.05) is 48.0 Å². The summed E-state index contributed by atoms with van der Waals surface area (Å²) >= 11 is 5.88. The van der Waals surface area contributed by atoms with E-state index in [1.165, 1.54) is 17.0 Å². The van der Waals surface area contributed by atoms with Gasteiger partial charge >= 0.3 is 0 Å². The molecule has 3 rings (SSSR count). The average Bonchev–Trinajstić information content (AvgIpc) is 2.69. The number of hydrogen-bond donors (Lipinski definition) is 1. The molecule has 1 N–H and O–H groups in total. The molecule has 0 saturated carbocycles. The standard InChI is InChI=1S/C21H19ClN2O3S/c1-24(15-16-10-12-18(22)13-11-16)21(25)17-6-5-9-20(14-17)28(26,27)23-19-7-3-2-4-8-19/h2-14,23H,15H2,1H3. The minimum absolute atomic E-state index is 0.0297. The van der Waals surface area contributed by atoms with E-state index in [-0.39, 0.29) is 10.8 Å². The molecule has 0 fully saturated rings. The number of nitrogens with zero attached hydrogens (tertiary/aromatic N) is 1. The van der Waals surface area contributed by atoms with Crippen LogP contribution in [-0.4, -0.2) is 26.3 Å². The van der Waals surface area contributed by atoms with E-state index in [4.69, 9.17) is 11.6 Å². The van der Waals surface area contributed by atoms with E-state index in [1.807, 2.05) is 12.1 Å². The lowest BCUT2D eigenvalue weighted by atomic mass is 10.1. The minimum atomic E-state index is -3.79. The van der Waals surface area contributed by atoms with Crippen molar-refractivity contribution in [2.24, 2.45) is 0 Å². The van der Waals surface area contributed by atoms with Gasteiger partial charge < -0.3 is 4.90 Å². The van der Waals surface area contributed by atoms with Crippen LogP contribution in [0.3, 0.4) is 0 Å². The first kappa shape index (κ1) is 19.9. The van der Waals surface area contributed by atoms with Crippen LogP contribution < -0.4 is 4.72 Å². The largest absolute Gasteiger partial charge is 0.337 e. The fraction of sp³-hybridized carbons (Fsp3) is 0.0952. The SMILES string of the molecule is CN(Cc1ccc(Cl)cc1)C(=O)c1cccc(S(=O)(=O)Nc2ccccc2)c1. The molecule has 144 valence electrons. The molecular formula is C21H19ClN2O3S. The Labute approximate surface area is 169 Å². The summed E-state index contributed by atoms with van der Waals surface area (Å²) in [5.41, 5.74) is 1.68. The van der Waals surface area contributed by atoms with E-state index in [1.54, 1.807) is 61.6 Å². The summed E-state index contributed by atoms with van der Waals surface area (Å²) in [4.78, 5) is 14.3. The Morgan fingerprint density at radius 3 is 2.32 bits per heavy atom. The highest BCUT2D eigenvalue weighted by molar-refractivity contribution is 7.92. The zero-order valence-corrected chi connectivity index (χ0v) is 16.7. The molecule has 1 amide bonds. The monoisotopic (exact) mass is 414 g/mol. The first-order valence-electron chi connectivity index (χ1n) is 8.53. The summed E-state index contributed by atoms with van der Waals surface area (Å²) in [6, 6.07) is 21.8. The predicted molar refractivity (Wildman–Crippen MR) is 111 cm³/mol. The van der Waals surface area contributed by atoms with Crippen molar-refractivity contribution in [2.45, 2.75) is 11.4 Å². The third kappa shape index (κ3) is 4.91. The van der Waals surface area contributed by atoms with Crippen molar-refractivity contribution < 1.29 is 13.2 Å². The number of para-hydroxylation sites is 1. The number of anilines is 1. The topological polar surface area (TPSA) is 66.5 Å². The molecule has 0 aromatic heterocycles. The highest BCUT2D eigenvalue weighted by Crippen LogP contribution is 2.18. The Bertz CT molecular complexity index is 1070. The van der Waals surface area contributed by atoms with Crippen LogP contribution in [0.25, 0.3) is 0 Å². The van der Waals surface area contributed by atoms with E-state index in [0.29, 0.717) is 22.8 Å². The number of nitrogens with one attached hydrogen (secondary N) is 1. The molecule has 0 saturated heterocycles. The lowest BCUT2D eigenvalue weighted by molar-refractivity contribution is 0.0785. The van der Waals surface area contributed by atoms with Gasteiger partial charge in [-0.05, 0) is 48.0 Å². The number of hydrogen-bond acceptors (Lipinski definition) is 3. The molecule has 0 bridgehead atoms. The van der Waals surface area contributed by atoms with Crippen molar-refractivity contribution in [2.75, 3.05) is 11.8 Å². The molecule has 7 heteroatoms. The highest BCUT2D eigenvalue weighted by atomic mass is 35.5. The maximum atomic E-state index is 12.7. The number of carbonyl (C=O) groups is 1. The van der Waals surface area contributed by atoms with Gasteiger partial charge in [0.2, 0.25) is 0 Å². The Kier molecular flexibility index (Phi) is 6.02. The summed E-state index contributed by atoms with van der Waals surface area (Å²) < 4.78 is 27.8. The maximum Gasteiger partial charge on any atom is 0.261 e. The minimum Gasteiger partial charge on any atom is -0.337 e. The molecule has 3 aromatic carbocycles. The number of carbonyl (C=O) groups excluding carboxylic acids is 1. The molecule has 0 spiro atoms. The second-order valence-corrected chi connectivity index (χ2v) is 8.41. The zero-order chi connectivity index (χ0) is 20.1. The molecule has 0 unspecified atom stereocenters. The number of rotatable bonds is 6. The molecular weight excluding hydrogens is 396 g/mol. The van der Waals surface area contributed by atoms with Gasteiger partial charge in [-0.25, -0.2) is 8.42 Å². The van der Waals surface area contributed by atoms with Gasteiger partial charge in [0.25, 0.3) is 15.9 Å². The molecule has 3 aromatic rings. The maximum absolute atomic E-state index is 12.7. The van der Waals surface area contributed by atoms with Crippen LogP contribution in [0.15, 0.2) is 83.8 Å². The van der Waals surface area contributed by atoms with Gasteiger partial charge in [0.1, 0.15) is 0 Å². The second-order valence-electron chi connectivity index (χ2n) is 6.29. The molecule has 0 radical (unpaired) electrons. The van der Waals surface area contributed by atoms with E-state index >= 15 is 0 Å². The predicted octanol–water partition coefficient (Wildman–Crippen LogP) is 4.41. The second kappa shape index (κ2) is 8.46. The lowest BCUT2D eigenvalue weighted by Gasteiger charge is -2.18. The van der Waals surface area contributed by atoms with Crippen LogP contribution in [-0.2, 0) is 16.6 Å². The molecule has 0 aliphatic heterocycles. The van der Waals surface area contributed by atoms with E-state index in [9.17, 15) is 13.2 Å². The summed E-state index contributed by atoms with van der Waals surface area (Å²) in [5.74, 6) is -0.272. The van der Waals surface area contributed by atoms with Gasteiger partial charge in [0.05, 0.1) is 4.90 Å². The Balaban J connectivity index is 1.78. The molecule has 5 nitrogen and oxygen atoms in total. The summed E-state index contributed by atoms with van der Waals surface area (Å²) in [6.07, 6.45) is 0. The quantitative estimate of drug-likeness (QED) is 0.649. The van der Waals surface area contributed by atoms with Crippen LogP contribution in [0.2, 0.25) is 5.02 Å². The molecule has 0 aliphatic carbocycles. The van der Waals surface area contributed by atoms with Crippen molar-refractivity contribution in [3.05, 3.63) is 95.0 Å². The van der Waals surface area contributed by atoms with Crippen molar-refractivity contribution in [3.63, 3.8) is 0 Å². The smallest absolute Gasteiger partial charge is 0.261 e. The third-order valence-electron chi connectivity index (χ3n) is 4.10. The summed E-state index contributed by atoms with van der Waals surface area (Å²) in [5, 5.41) is 0.626. The first-order valence-corrected chi connectivity index (χ1v) is 10.4. The molecule has 0 atom stereocenters. The Morgan fingerprint density at radius 1 is 0.964 bits per heavy atom. The molecule has 0 aliphatic rings. The fourth-order valence-corrected chi connectivity index (χ4v) is 3.90. The van der Waals surface area contributed by atoms with Gasteiger partial charge in [0.15, 0.2) is 0 Å². The van der Waals surface area contributed by atoms with Crippen LogP contribution in [0.5, 0.6) is 0 Å². The normalized spacial score (nSPS) is 11.1. The van der Waals surface area contributed by atoms with Gasteiger partial charge in [0, 0.05) is 29.9 Å². The lowest BCUT2D eigenvalue weighted by Crippen LogP contribution is -2.26. The number of benzene rings is 3. The Morgan fingerprint density at radius 2 is 1.64 bits per heavy atom. The highest BCUT2D eigenvalue weighted by Gasteiger charge is 2.18. The van der Waals surface area contributed by atoms with Crippen molar-refractivity contribution in [3.8, 4) is 0 Å². The molecule has 28 heavy (non-hydrogen) atoms. The number of amides is 1. The average molecular weight is 415 g/mol. The zero-order valence-electron chi connectivity index (χ0n) is 15.2. The molecule has 0 heterocycles. The van der Waals surface area contributed by atoms with Crippen molar-refractivity contribution in [1.29, 1.82) is 0 Å². The van der Waals surface area contributed by atoms with E-state index in [2.05, 4.69) is 4.72 Å². The Hall–Kier alpha value is -2.83. The van der Waals surface area contributed by atoms with Crippen LogP contribution in [0, 0.1) is 0 Å². The fourth-order valence-electron chi connectivity index (χ4n) is 2.67. The van der Waals surface area contributed by atoms with Crippen LogP contribution in [0.4, 0.5) is 5.69 Å². The van der Waals surface area contributed by atoms with Crippen molar-refractivity contribution >= 4 is 33.2 Å². The van der Waals surface area contributed by atoms with Crippen LogP contribution >= 0.6 is 11.6 Å². The van der Waals surface area contributed by atoms with E-state index < -0.39 is 10.0 Å². The third-order valence-corrected chi connectivity index (χ3v) is 5.73. The van der Waals surface area contributed by atoms with Crippen LogP contribution in [0.1, 0.15) is 15.9 Å².